The van der Waals surface area contributed by atoms with Crippen molar-refractivity contribution in [3.8, 4) is 0 Å². The Kier molecular flexibility index (Phi) is 7.37. The lowest BCUT2D eigenvalue weighted by Crippen LogP contribution is -2.28. The molecule has 0 saturated heterocycles. The Morgan fingerprint density at radius 3 is 2.19 bits per heavy atom. The summed E-state index contributed by atoms with van der Waals surface area (Å²) in [5.74, 6) is -1.03. The normalized spacial score (nSPS) is 10.2. The highest BCUT2D eigenvalue weighted by molar-refractivity contribution is 5.96. The number of benzene rings is 3. The molecule has 3 rings (SSSR count). The molecule has 7 nitrogen and oxygen atoms in total. The van der Waals surface area contributed by atoms with E-state index in [1.54, 1.807) is 24.3 Å². The van der Waals surface area contributed by atoms with E-state index in [1.165, 1.54) is 0 Å². The standard InChI is InChI=1S/C24H23N3O4/c25-24(30)26-15-18-10-12-19(13-11-18)23(29)31-16-22(28)27-21-9-5-4-8-20(21)14-17-6-2-1-3-7-17/h1-13H,14-16H2,(H,27,28)(H3,25,26,30). The zero-order valence-corrected chi connectivity index (χ0v) is 16.8. The van der Waals surface area contributed by atoms with E-state index in [-0.39, 0.29) is 6.54 Å². The number of rotatable bonds is 8. The number of amides is 3. The van der Waals surface area contributed by atoms with Gasteiger partial charge in [-0.1, -0.05) is 60.7 Å². The molecule has 0 bridgehead atoms. The number of primary amides is 1. The summed E-state index contributed by atoms with van der Waals surface area (Å²) >= 11 is 0. The molecule has 31 heavy (non-hydrogen) atoms. The number of urea groups is 1. The highest BCUT2D eigenvalue weighted by Crippen LogP contribution is 2.19. The van der Waals surface area contributed by atoms with Crippen molar-refractivity contribution in [2.75, 3.05) is 11.9 Å². The summed E-state index contributed by atoms with van der Waals surface area (Å²) in [4.78, 5) is 35.3. The SMILES string of the molecule is NC(=O)NCc1ccc(C(=O)OCC(=O)Nc2ccccc2Cc2ccccc2)cc1. The number of hydrogen-bond donors (Lipinski definition) is 3. The lowest BCUT2D eigenvalue weighted by Gasteiger charge is -2.12. The minimum absolute atomic E-state index is 0.259. The minimum Gasteiger partial charge on any atom is -0.452 e. The molecule has 0 spiro atoms. The summed E-state index contributed by atoms with van der Waals surface area (Å²) in [5.41, 5.74) is 8.89. The molecule has 0 saturated carbocycles. The van der Waals surface area contributed by atoms with E-state index in [9.17, 15) is 14.4 Å². The molecule has 3 aromatic carbocycles. The summed E-state index contributed by atoms with van der Waals surface area (Å²) in [6.07, 6.45) is 0.675. The average molecular weight is 417 g/mol. The van der Waals surface area contributed by atoms with Crippen LogP contribution in [0.4, 0.5) is 10.5 Å². The molecule has 158 valence electrons. The van der Waals surface area contributed by atoms with E-state index >= 15 is 0 Å². The monoisotopic (exact) mass is 417 g/mol. The molecule has 0 aliphatic rings. The molecule has 7 heteroatoms. The lowest BCUT2D eigenvalue weighted by atomic mass is 10.0. The van der Waals surface area contributed by atoms with Crippen LogP contribution in [0.5, 0.6) is 0 Å². The van der Waals surface area contributed by atoms with E-state index < -0.39 is 24.5 Å². The Balaban J connectivity index is 1.53. The molecule has 0 atom stereocenters. The molecule has 0 aliphatic carbocycles. The summed E-state index contributed by atoms with van der Waals surface area (Å²) in [5, 5.41) is 5.27. The highest BCUT2D eigenvalue weighted by atomic mass is 16.5. The van der Waals surface area contributed by atoms with Gasteiger partial charge in [0.2, 0.25) is 0 Å². The Bertz CT molecular complexity index is 1050. The van der Waals surface area contributed by atoms with Crippen LogP contribution in [0.15, 0.2) is 78.9 Å². The topological polar surface area (TPSA) is 111 Å². The number of carbonyl (C=O) groups is 3. The number of carbonyl (C=O) groups excluding carboxylic acids is 3. The van der Waals surface area contributed by atoms with Crippen LogP contribution in [-0.2, 0) is 22.5 Å². The maximum absolute atomic E-state index is 12.3. The fourth-order valence-electron chi connectivity index (χ4n) is 2.96. The first-order valence-corrected chi connectivity index (χ1v) is 9.72. The molecule has 0 aliphatic heterocycles. The average Bonchev–Trinajstić information content (AvgIpc) is 2.78. The van der Waals surface area contributed by atoms with E-state index in [0.717, 1.165) is 16.7 Å². The fourth-order valence-corrected chi connectivity index (χ4v) is 2.96. The van der Waals surface area contributed by atoms with Gasteiger partial charge in [0, 0.05) is 12.2 Å². The quantitative estimate of drug-likeness (QED) is 0.489. The van der Waals surface area contributed by atoms with E-state index in [4.69, 9.17) is 10.5 Å². The number of hydrogen-bond acceptors (Lipinski definition) is 4. The third kappa shape index (κ3) is 6.71. The van der Waals surface area contributed by atoms with Crippen molar-refractivity contribution in [3.05, 3.63) is 101 Å². The van der Waals surface area contributed by atoms with Crippen molar-refractivity contribution in [2.24, 2.45) is 5.73 Å². The zero-order chi connectivity index (χ0) is 22.1. The maximum atomic E-state index is 12.3. The number of para-hydroxylation sites is 1. The van der Waals surface area contributed by atoms with E-state index in [0.29, 0.717) is 17.7 Å². The van der Waals surface area contributed by atoms with Crippen LogP contribution < -0.4 is 16.4 Å². The second kappa shape index (κ2) is 10.6. The van der Waals surface area contributed by atoms with Gasteiger partial charge in [-0.3, -0.25) is 4.79 Å². The van der Waals surface area contributed by atoms with Gasteiger partial charge in [0.1, 0.15) is 0 Å². The van der Waals surface area contributed by atoms with Crippen LogP contribution in [0.25, 0.3) is 0 Å². The van der Waals surface area contributed by atoms with Gasteiger partial charge in [0.05, 0.1) is 5.56 Å². The van der Waals surface area contributed by atoms with Crippen LogP contribution in [0.2, 0.25) is 0 Å². The maximum Gasteiger partial charge on any atom is 0.338 e. The van der Waals surface area contributed by atoms with Crippen LogP contribution in [-0.4, -0.2) is 24.5 Å². The van der Waals surface area contributed by atoms with Crippen molar-refractivity contribution in [2.45, 2.75) is 13.0 Å². The summed E-state index contributed by atoms with van der Waals surface area (Å²) in [7, 11) is 0. The third-order valence-electron chi connectivity index (χ3n) is 4.52. The Hall–Kier alpha value is -4.13. The van der Waals surface area contributed by atoms with Crippen LogP contribution in [0.1, 0.15) is 27.0 Å². The largest absolute Gasteiger partial charge is 0.452 e. The number of nitrogens with one attached hydrogen (secondary N) is 2. The Morgan fingerprint density at radius 2 is 1.48 bits per heavy atom. The second-order valence-electron chi connectivity index (χ2n) is 6.86. The number of esters is 1. The molecule has 0 radical (unpaired) electrons. The first-order valence-electron chi connectivity index (χ1n) is 9.72. The molecule has 0 heterocycles. The number of ether oxygens (including phenoxy) is 1. The van der Waals surface area contributed by atoms with Crippen molar-refractivity contribution in [1.82, 2.24) is 5.32 Å². The molecule has 3 aromatic rings. The second-order valence-corrected chi connectivity index (χ2v) is 6.86. The predicted octanol–water partition coefficient (Wildman–Crippen LogP) is 3.24. The van der Waals surface area contributed by atoms with Gasteiger partial charge < -0.3 is 21.1 Å². The van der Waals surface area contributed by atoms with Crippen molar-refractivity contribution in [3.63, 3.8) is 0 Å². The van der Waals surface area contributed by atoms with Crippen molar-refractivity contribution in [1.29, 1.82) is 0 Å². The molecule has 3 amide bonds. The van der Waals surface area contributed by atoms with Crippen molar-refractivity contribution >= 4 is 23.6 Å². The molecular weight excluding hydrogens is 394 g/mol. The predicted molar refractivity (Wildman–Crippen MR) is 117 cm³/mol. The summed E-state index contributed by atoms with van der Waals surface area (Å²) in [6, 6.07) is 23.3. The van der Waals surface area contributed by atoms with Gasteiger partial charge in [-0.2, -0.15) is 0 Å². The lowest BCUT2D eigenvalue weighted by molar-refractivity contribution is -0.119. The minimum atomic E-state index is -0.625. The molecule has 4 N–H and O–H groups in total. The van der Waals surface area contributed by atoms with Crippen molar-refractivity contribution < 1.29 is 19.1 Å². The third-order valence-corrected chi connectivity index (χ3v) is 4.52. The smallest absolute Gasteiger partial charge is 0.338 e. The molecular formula is C24H23N3O4. The van der Waals surface area contributed by atoms with Gasteiger partial charge in [-0.25, -0.2) is 9.59 Å². The van der Waals surface area contributed by atoms with E-state index in [2.05, 4.69) is 10.6 Å². The first kappa shape index (κ1) is 21.6. The van der Waals surface area contributed by atoms with Gasteiger partial charge in [-0.05, 0) is 41.3 Å². The van der Waals surface area contributed by atoms with Crippen LogP contribution >= 0.6 is 0 Å². The molecule has 0 fully saturated rings. The van der Waals surface area contributed by atoms with E-state index in [1.807, 2.05) is 54.6 Å². The van der Waals surface area contributed by atoms with Gasteiger partial charge >= 0.3 is 12.0 Å². The summed E-state index contributed by atoms with van der Waals surface area (Å²) in [6.45, 7) is -0.140. The first-order chi connectivity index (χ1) is 15.0. The van der Waals surface area contributed by atoms with Gasteiger partial charge in [-0.15, -0.1) is 0 Å². The van der Waals surface area contributed by atoms with Gasteiger partial charge in [0.25, 0.3) is 5.91 Å². The zero-order valence-electron chi connectivity index (χ0n) is 16.8. The summed E-state index contributed by atoms with van der Waals surface area (Å²) < 4.78 is 5.12. The van der Waals surface area contributed by atoms with Crippen LogP contribution in [0, 0.1) is 0 Å². The molecule has 0 unspecified atom stereocenters. The number of nitrogens with two attached hydrogens (primary N) is 1. The molecule has 0 aromatic heterocycles. The van der Waals surface area contributed by atoms with Crippen LogP contribution in [0.3, 0.4) is 0 Å². The Morgan fingerprint density at radius 1 is 0.806 bits per heavy atom. The highest BCUT2D eigenvalue weighted by Gasteiger charge is 2.12. The fraction of sp³-hybridized carbons (Fsp3) is 0.125. The van der Waals surface area contributed by atoms with Gasteiger partial charge in [0.15, 0.2) is 6.61 Å². The number of anilines is 1. The Labute approximate surface area is 180 Å².